The standard InChI is InChI=1S/C18H16O8/c1-23-9-6-4-8(5-7-9)15-13(21)11(19)10-12(20)17(24-2)14(22)18(25-3)16(10)26-15/h4-7,20-22H,1-3H3. The molecule has 2 aromatic carbocycles. The first-order valence-electron chi connectivity index (χ1n) is 7.44. The molecule has 0 unspecified atom stereocenters. The minimum atomic E-state index is -0.897. The molecular formula is C18H16O8. The Bertz CT molecular complexity index is 1030. The third kappa shape index (κ3) is 2.43. The van der Waals surface area contributed by atoms with Crippen LogP contribution in [0.5, 0.6) is 34.5 Å². The van der Waals surface area contributed by atoms with Crippen LogP contribution in [0.25, 0.3) is 22.3 Å². The van der Waals surface area contributed by atoms with Gasteiger partial charge in [-0.1, -0.05) is 0 Å². The second kappa shape index (κ2) is 6.40. The summed E-state index contributed by atoms with van der Waals surface area (Å²) in [6.45, 7) is 0. The first-order chi connectivity index (χ1) is 12.4. The van der Waals surface area contributed by atoms with Gasteiger partial charge in [-0.3, -0.25) is 4.79 Å². The van der Waals surface area contributed by atoms with Crippen LogP contribution in [0.15, 0.2) is 33.5 Å². The predicted octanol–water partition coefficient (Wildman–Crippen LogP) is 2.60. The van der Waals surface area contributed by atoms with Crippen LogP contribution >= 0.6 is 0 Å². The fourth-order valence-corrected chi connectivity index (χ4v) is 2.66. The van der Waals surface area contributed by atoms with Crippen molar-refractivity contribution in [2.75, 3.05) is 21.3 Å². The van der Waals surface area contributed by atoms with Crippen molar-refractivity contribution in [3.8, 4) is 45.8 Å². The van der Waals surface area contributed by atoms with Crippen molar-refractivity contribution in [3.05, 3.63) is 34.5 Å². The summed E-state index contributed by atoms with van der Waals surface area (Å²) in [6, 6.07) is 6.41. The van der Waals surface area contributed by atoms with Crippen LogP contribution in [0.3, 0.4) is 0 Å². The number of fused-ring (bicyclic) bond motifs is 1. The Morgan fingerprint density at radius 1 is 0.808 bits per heavy atom. The summed E-state index contributed by atoms with van der Waals surface area (Å²) < 4.78 is 20.7. The number of benzene rings is 2. The monoisotopic (exact) mass is 360 g/mol. The fraction of sp³-hybridized carbons (Fsp3) is 0.167. The maximum absolute atomic E-state index is 12.6. The van der Waals surface area contributed by atoms with Crippen LogP contribution in [-0.2, 0) is 0 Å². The second-order valence-corrected chi connectivity index (χ2v) is 5.31. The number of hydrogen-bond donors (Lipinski definition) is 3. The van der Waals surface area contributed by atoms with Crippen molar-refractivity contribution in [1.29, 1.82) is 0 Å². The maximum atomic E-state index is 12.6. The van der Waals surface area contributed by atoms with Crippen molar-refractivity contribution >= 4 is 11.0 Å². The van der Waals surface area contributed by atoms with E-state index in [1.165, 1.54) is 21.3 Å². The Kier molecular flexibility index (Phi) is 4.25. The first-order valence-corrected chi connectivity index (χ1v) is 7.44. The van der Waals surface area contributed by atoms with Gasteiger partial charge < -0.3 is 33.9 Å². The van der Waals surface area contributed by atoms with Crippen molar-refractivity contribution in [2.45, 2.75) is 0 Å². The molecule has 0 aliphatic rings. The Morgan fingerprint density at radius 2 is 1.42 bits per heavy atom. The molecule has 0 aliphatic heterocycles. The van der Waals surface area contributed by atoms with Gasteiger partial charge in [-0.2, -0.15) is 0 Å². The summed E-state index contributed by atoms with van der Waals surface area (Å²) in [6.07, 6.45) is 0. The lowest BCUT2D eigenvalue weighted by Crippen LogP contribution is -2.05. The van der Waals surface area contributed by atoms with E-state index in [0.29, 0.717) is 11.3 Å². The number of phenolic OH excluding ortho intramolecular Hbond substituents is 2. The van der Waals surface area contributed by atoms with Crippen molar-refractivity contribution in [2.24, 2.45) is 0 Å². The number of phenols is 2. The highest BCUT2D eigenvalue weighted by atomic mass is 16.5. The first kappa shape index (κ1) is 17.3. The molecule has 8 heteroatoms. The molecule has 0 saturated heterocycles. The summed E-state index contributed by atoms with van der Waals surface area (Å²) in [4.78, 5) is 12.6. The van der Waals surface area contributed by atoms with Crippen LogP contribution in [0, 0.1) is 0 Å². The molecule has 26 heavy (non-hydrogen) atoms. The molecule has 3 aromatic rings. The highest BCUT2D eigenvalue weighted by Crippen LogP contribution is 2.50. The minimum Gasteiger partial charge on any atom is -0.504 e. The maximum Gasteiger partial charge on any atom is 0.239 e. The van der Waals surface area contributed by atoms with E-state index in [4.69, 9.17) is 18.6 Å². The quantitative estimate of drug-likeness (QED) is 0.650. The Hall–Kier alpha value is -3.55. The molecule has 0 saturated carbocycles. The third-order valence-corrected chi connectivity index (χ3v) is 3.94. The normalized spacial score (nSPS) is 10.7. The van der Waals surface area contributed by atoms with Crippen LogP contribution in [0.4, 0.5) is 0 Å². The summed E-state index contributed by atoms with van der Waals surface area (Å²) in [5.74, 6) is -2.03. The number of hydrogen-bond acceptors (Lipinski definition) is 8. The van der Waals surface area contributed by atoms with Crippen LogP contribution in [0.2, 0.25) is 0 Å². The molecule has 0 fully saturated rings. The van der Waals surface area contributed by atoms with Crippen molar-refractivity contribution in [1.82, 2.24) is 0 Å². The lowest BCUT2D eigenvalue weighted by molar-refractivity contribution is 0.323. The molecule has 0 atom stereocenters. The second-order valence-electron chi connectivity index (χ2n) is 5.31. The highest BCUT2D eigenvalue weighted by molar-refractivity contribution is 5.96. The van der Waals surface area contributed by atoms with Gasteiger partial charge in [-0.15, -0.1) is 0 Å². The molecule has 0 amide bonds. The average Bonchev–Trinajstić information content (AvgIpc) is 2.65. The van der Waals surface area contributed by atoms with Crippen molar-refractivity contribution < 1.29 is 33.9 Å². The number of rotatable bonds is 4. The molecule has 136 valence electrons. The third-order valence-electron chi connectivity index (χ3n) is 3.94. The molecule has 3 rings (SSSR count). The summed E-state index contributed by atoms with van der Waals surface area (Å²) >= 11 is 0. The van der Waals surface area contributed by atoms with E-state index in [0.717, 1.165) is 0 Å². The SMILES string of the molecule is COc1ccc(-c2oc3c(OC)c(O)c(OC)c(O)c3c(=O)c2O)cc1. The molecule has 0 bridgehead atoms. The molecule has 0 radical (unpaired) electrons. The largest absolute Gasteiger partial charge is 0.504 e. The van der Waals surface area contributed by atoms with Crippen LogP contribution in [0.1, 0.15) is 0 Å². The molecule has 0 aliphatic carbocycles. The van der Waals surface area contributed by atoms with Gasteiger partial charge in [0.25, 0.3) is 0 Å². The highest BCUT2D eigenvalue weighted by Gasteiger charge is 2.27. The average molecular weight is 360 g/mol. The molecule has 3 N–H and O–H groups in total. The van der Waals surface area contributed by atoms with E-state index in [2.05, 4.69) is 0 Å². The predicted molar refractivity (Wildman–Crippen MR) is 92.6 cm³/mol. The van der Waals surface area contributed by atoms with Gasteiger partial charge in [0.05, 0.1) is 21.3 Å². The van der Waals surface area contributed by atoms with Gasteiger partial charge in [0.2, 0.25) is 28.4 Å². The van der Waals surface area contributed by atoms with E-state index in [-0.39, 0.29) is 28.2 Å². The van der Waals surface area contributed by atoms with Crippen LogP contribution in [-0.4, -0.2) is 36.6 Å². The fourth-order valence-electron chi connectivity index (χ4n) is 2.66. The van der Waals surface area contributed by atoms with Crippen LogP contribution < -0.4 is 19.6 Å². The lowest BCUT2D eigenvalue weighted by atomic mass is 10.1. The summed E-state index contributed by atoms with van der Waals surface area (Å²) in [5.41, 5.74) is -0.734. The zero-order valence-corrected chi connectivity index (χ0v) is 14.2. The van der Waals surface area contributed by atoms with Gasteiger partial charge in [-0.25, -0.2) is 0 Å². The Morgan fingerprint density at radius 3 is 1.96 bits per heavy atom. The van der Waals surface area contributed by atoms with E-state index < -0.39 is 22.7 Å². The molecule has 8 nitrogen and oxygen atoms in total. The zero-order chi connectivity index (χ0) is 19.0. The topological polar surface area (TPSA) is 119 Å². The molecular weight excluding hydrogens is 344 g/mol. The van der Waals surface area contributed by atoms with Gasteiger partial charge in [0.15, 0.2) is 17.1 Å². The van der Waals surface area contributed by atoms with Crippen molar-refractivity contribution in [3.63, 3.8) is 0 Å². The van der Waals surface area contributed by atoms with Gasteiger partial charge in [0.1, 0.15) is 11.1 Å². The van der Waals surface area contributed by atoms with E-state index in [1.807, 2.05) is 0 Å². The number of ether oxygens (including phenoxy) is 3. The molecule has 0 spiro atoms. The number of methoxy groups -OCH3 is 3. The van der Waals surface area contributed by atoms with E-state index in [1.54, 1.807) is 24.3 Å². The van der Waals surface area contributed by atoms with Gasteiger partial charge >= 0.3 is 0 Å². The van der Waals surface area contributed by atoms with Gasteiger partial charge in [-0.05, 0) is 24.3 Å². The zero-order valence-electron chi connectivity index (χ0n) is 14.2. The smallest absolute Gasteiger partial charge is 0.239 e. The summed E-state index contributed by atoms with van der Waals surface area (Å²) in [7, 11) is 3.96. The number of aromatic hydroxyl groups is 3. The minimum absolute atomic E-state index is 0.146. The lowest BCUT2D eigenvalue weighted by Gasteiger charge is -2.14. The Balaban J connectivity index is 2.41. The molecule has 1 aromatic heterocycles. The van der Waals surface area contributed by atoms with Gasteiger partial charge in [0, 0.05) is 5.56 Å². The van der Waals surface area contributed by atoms with E-state index in [9.17, 15) is 20.1 Å². The Labute approximate surface area is 147 Å². The van der Waals surface area contributed by atoms with E-state index >= 15 is 0 Å². The summed E-state index contributed by atoms with van der Waals surface area (Å²) in [5, 5.41) is 30.4. The molecule has 1 heterocycles.